The van der Waals surface area contributed by atoms with E-state index in [0.29, 0.717) is 12.8 Å². The van der Waals surface area contributed by atoms with Gasteiger partial charge in [-0.25, -0.2) is 0 Å². The number of allylic oxidation sites excluding steroid dienone is 4. The number of fused-ring (bicyclic) bond motifs is 5. The average Bonchev–Trinajstić information content (AvgIpc) is 2.99. The molecular weight excluding hydrogens is 420 g/mol. The molecule has 0 spiro atoms. The van der Waals surface area contributed by atoms with Crippen LogP contribution in [-0.4, -0.2) is 35.7 Å². The summed E-state index contributed by atoms with van der Waals surface area (Å²) in [5.74, 6) is -0.750. The molecule has 4 aliphatic carbocycles. The molecule has 0 heterocycles. The van der Waals surface area contributed by atoms with Crippen molar-refractivity contribution in [1.29, 1.82) is 0 Å². The van der Waals surface area contributed by atoms with Gasteiger partial charge in [-0.15, -0.1) is 0 Å². The van der Waals surface area contributed by atoms with Crippen LogP contribution in [0.2, 0.25) is 0 Å². The van der Waals surface area contributed by atoms with Crippen molar-refractivity contribution in [3.05, 3.63) is 23.3 Å². The fourth-order valence-corrected chi connectivity index (χ4v) is 7.58. The molecule has 0 unspecified atom stereocenters. The zero-order valence-electron chi connectivity index (χ0n) is 20.5. The van der Waals surface area contributed by atoms with E-state index in [2.05, 4.69) is 19.9 Å². The maximum atomic E-state index is 13.7. The summed E-state index contributed by atoms with van der Waals surface area (Å²) in [5.41, 5.74) is 0.638. The predicted octanol–water partition coefficient (Wildman–Crippen LogP) is 4.51. The Bertz CT molecular complexity index is 960. The van der Waals surface area contributed by atoms with Gasteiger partial charge in [-0.1, -0.05) is 44.9 Å². The number of rotatable bonds is 5. The lowest BCUT2D eigenvalue weighted by atomic mass is 9.50. The Hall–Kier alpha value is -2.24. The molecule has 0 radical (unpaired) electrons. The summed E-state index contributed by atoms with van der Waals surface area (Å²) in [6.45, 7) is 8.96. The van der Waals surface area contributed by atoms with Crippen molar-refractivity contribution in [2.24, 2.45) is 28.6 Å². The zero-order chi connectivity index (χ0) is 24.2. The highest BCUT2D eigenvalue weighted by Crippen LogP contribution is 2.67. The molecule has 4 aliphatic rings. The number of carbonyl (C=O) groups is 4. The van der Waals surface area contributed by atoms with Crippen LogP contribution in [0.25, 0.3) is 0 Å². The van der Waals surface area contributed by atoms with Gasteiger partial charge in [0.05, 0.1) is 0 Å². The van der Waals surface area contributed by atoms with E-state index in [1.54, 1.807) is 6.92 Å². The van der Waals surface area contributed by atoms with Gasteiger partial charge in [-0.2, -0.15) is 0 Å². The van der Waals surface area contributed by atoms with Crippen molar-refractivity contribution in [1.82, 2.24) is 0 Å². The first kappa shape index (κ1) is 23.9. The van der Waals surface area contributed by atoms with Crippen LogP contribution in [0.4, 0.5) is 0 Å². The monoisotopic (exact) mass is 456 g/mol. The topological polar surface area (TPSA) is 86.7 Å². The molecule has 0 bridgehead atoms. The molecule has 4 rings (SSSR count). The van der Waals surface area contributed by atoms with Crippen LogP contribution in [0, 0.1) is 28.6 Å². The van der Waals surface area contributed by atoms with E-state index in [9.17, 15) is 19.2 Å². The lowest BCUT2D eigenvalue weighted by Crippen LogP contribution is -2.60. The van der Waals surface area contributed by atoms with Gasteiger partial charge in [0.15, 0.2) is 18.0 Å². The molecule has 6 nitrogen and oxygen atoms in total. The fraction of sp³-hybridized carbons (Fsp3) is 0.704. The number of hydrogen-bond donors (Lipinski definition) is 0. The van der Waals surface area contributed by atoms with Crippen molar-refractivity contribution < 1.29 is 28.7 Å². The van der Waals surface area contributed by atoms with Gasteiger partial charge in [-0.05, 0) is 50.0 Å². The van der Waals surface area contributed by atoms with Gasteiger partial charge in [0, 0.05) is 36.5 Å². The Balaban J connectivity index is 1.77. The highest BCUT2D eigenvalue weighted by Gasteiger charge is 2.70. The second-order valence-corrected chi connectivity index (χ2v) is 10.9. The Morgan fingerprint density at radius 3 is 2.58 bits per heavy atom. The fourth-order valence-electron chi connectivity index (χ4n) is 7.58. The van der Waals surface area contributed by atoms with E-state index >= 15 is 0 Å². The van der Waals surface area contributed by atoms with Crippen LogP contribution in [0.1, 0.15) is 79.6 Å². The number of carbonyl (C=O) groups excluding carboxylic acids is 4. The van der Waals surface area contributed by atoms with Gasteiger partial charge in [-0.3, -0.25) is 19.2 Å². The second-order valence-electron chi connectivity index (χ2n) is 10.9. The summed E-state index contributed by atoms with van der Waals surface area (Å²) >= 11 is 0. The number of hydrogen-bond acceptors (Lipinski definition) is 6. The molecule has 2 saturated carbocycles. The molecule has 2 fully saturated rings. The highest BCUT2D eigenvalue weighted by molar-refractivity contribution is 5.94. The van der Waals surface area contributed by atoms with Gasteiger partial charge >= 0.3 is 11.9 Å². The SMILES string of the molecule is CCC(=O)O[C@]1(C(=O)COC(C)=O)[C@@H](C)C[C@H]2[C@@H]3CCC4=CC(=O)CC[C@]4(C)C3=CC[C@@]21C. The third-order valence-electron chi connectivity index (χ3n) is 9.26. The van der Waals surface area contributed by atoms with Crippen LogP contribution in [0.3, 0.4) is 0 Å². The lowest BCUT2D eigenvalue weighted by Gasteiger charge is -2.55. The largest absolute Gasteiger partial charge is 0.458 e. The molecule has 0 saturated heterocycles. The van der Waals surface area contributed by atoms with Gasteiger partial charge in [0.2, 0.25) is 5.78 Å². The minimum Gasteiger partial charge on any atom is -0.458 e. The van der Waals surface area contributed by atoms with Crippen molar-refractivity contribution in [3.63, 3.8) is 0 Å². The third-order valence-corrected chi connectivity index (χ3v) is 9.26. The van der Waals surface area contributed by atoms with E-state index in [1.165, 1.54) is 18.1 Å². The summed E-state index contributed by atoms with van der Waals surface area (Å²) in [7, 11) is 0. The maximum absolute atomic E-state index is 13.7. The van der Waals surface area contributed by atoms with E-state index in [0.717, 1.165) is 25.7 Å². The second kappa shape index (κ2) is 8.21. The Morgan fingerprint density at radius 1 is 1.18 bits per heavy atom. The average molecular weight is 457 g/mol. The minimum atomic E-state index is -1.32. The smallest absolute Gasteiger partial charge is 0.306 e. The molecule has 6 heteroatoms. The molecule has 180 valence electrons. The summed E-state index contributed by atoms with van der Waals surface area (Å²) in [6, 6.07) is 0. The molecule has 33 heavy (non-hydrogen) atoms. The van der Waals surface area contributed by atoms with E-state index < -0.39 is 23.0 Å². The van der Waals surface area contributed by atoms with Crippen molar-refractivity contribution in [3.8, 4) is 0 Å². The van der Waals surface area contributed by atoms with E-state index in [-0.39, 0.29) is 47.8 Å². The third kappa shape index (κ3) is 3.43. The van der Waals surface area contributed by atoms with Crippen molar-refractivity contribution >= 4 is 23.5 Å². The number of Topliss-reactive ketones (excluding diaryl/α,β-unsaturated/α-hetero) is 1. The minimum absolute atomic E-state index is 0.103. The normalized spacial score (nSPS) is 39.4. The van der Waals surface area contributed by atoms with Crippen molar-refractivity contribution in [2.45, 2.75) is 85.2 Å². The van der Waals surface area contributed by atoms with Crippen LogP contribution in [-0.2, 0) is 28.7 Å². The highest BCUT2D eigenvalue weighted by atomic mass is 16.6. The Labute approximate surface area is 196 Å². The first-order valence-corrected chi connectivity index (χ1v) is 12.3. The van der Waals surface area contributed by atoms with Gasteiger partial charge in [0.1, 0.15) is 0 Å². The van der Waals surface area contributed by atoms with Gasteiger partial charge in [0.25, 0.3) is 0 Å². The molecule has 0 aromatic carbocycles. The number of ether oxygens (including phenoxy) is 2. The summed E-state index contributed by atoms with van der Waals surface area (Å²) in [6.07, 6.45) is 8.93. The molecule has 0 aromatic rings. The molecule has 0 N–H and O–H groups in total. The molecule has 0 aliphatic heterocycles. The van der Waals surface area contributed by atoms with Crippen LogP contribution in [0.15, 0.2) is 23.3 Å². The van der Waals surface area contributed by atoms with Crippen molar-refractivity contribution in [2.75, 3.05) is 6.61 Å². The predicted molar refractivity (Wildman–Crippen MR) is 122 cm³/mol. The van der Waals surface area contributed by atoms with Crippen LogP contribution < -0.4 is 0 Å². The zero-order valence-corrected chi connectivity index (χ0v) is 20.5. The maximum Gasteiger partial charge on any atom is 0.306 e. The quantitative estimate of drug-likeness (QED) is 0.447. The van der Waals surface area contributed by atoms with Crippen LogP contribution in [0.5, 0.6) is 0 Å². The summed E-state index contributed by atoms with van der Waals surface area (Å²) < 4.78 is 11.2. The molecule has 0 amide bonds. The van der Waals surface area contributed by atoms with Crippen LogP contribution >= 0.6 is 0 Å². The molecule has 0 aromatic heterocycles. The first-order valence-electron chi connectivity index (χ1n) is 12.3. The number of esters is 2. The summed E-state index contributed by atoms with van der Waals surface area (Å²) in [4.78, 5) is 49.8. The van der Waals surface area contributed by atoms with E-state index in [1.807, 2.05) is 13.0 Å². The molecular formula is C27H36O6. The Kier molecular flexibility index (Phi) is 5.95. The molecule has 6 atom stereocenters. The number of ketones is 2. The van der Waals surface area contributed by atoms with E-state index in [4.69, 9.17) is 9.47 Å². The summed E-state index contributed by atoms with van der Waals surface area (Å²) in [5, 5.41) is 0. The van der Waals surface area contributed by atoms with Gasteiger partial charge < -0.3 is 9.47 Å². The standard InChI is InChI=1S/C27H36O6/c1-6-24(31)33-27(23(30)15-32-17(3)28)16(2)13-22-20-8-7-18-14-19(29)9-11-25(18,4)21(20)10-12-26(22,27)5/h10,14,16,20,22H,6-9,11-13,15H2,1-5H3/t16-,20+,22-,25-,26-,27-/m0/s1. The first-order chi connectivity index (χ1) is 15.5. The lowest BCUT2D eigenvalue weighted by molar-refractivity contribution is -0.191. The Morgan fingerprint density at radius 2 is 1.91 bits per heavy atom.